The third kappa shape index (κ3) is 4.53. The minimum Gasteiger partial charge on any atom is -0.350 e. The summed E-state index contributed by atoms with van der Waals surface area (Å²) in [5, 5.41) is 9.01. The van der Waals surface area contributed by atoms with E-state index in [-0.39, 0.29) is 5.91 Å². The lowest BCUT2D eigenvalue weighted by atomic mass is 10.1. The average molecular weight is 359 g/mol. The van der Waals surface area contributed by atoms with E-state index < -0.39 is 0 Å². The van der Waals surface area contributed by atoms with Crippen LogP contribution in [0.2, 0.25) is 5.02 Å². The predicted molar refractivity (Wildman–Crippen MR) is 97.1 cm³/mol. The molecule has 0 saturated carbocycles. The molecule has 2 N–H and O–H groups in total. The minimum absolute atomic E-state index is 0.186. The van der Waals surface area contributed by atoms with Crippen molar-refractivity contribution in [1.82, 2.24) is 15.3 Å². The van der Waals surface area contributed by atoms with Crippen molar-refractivity contribution >= 4 is 39.8 Å². The maximum Gasteiger partial charge on any atom is 0.270 e. The van der Waals surface area contributed by atoms with Crippen molar-refractivity contribution in [2.45, 2.75) is 6.42 Å². The van der Waals surface area contributed by atoms with Gasteiger partial charge in [-0.2, -0.15) is 0 Å². The van der Waals surface area contributed by atoms with Crippen molar-refractivity contribution in [1.29, 1.82) is 0 Å². The summed E-state index contributed by atoms with van der Waals surface area (Å²) in [5.41, 5.74) is 1.52. The van der Waals surface area contributed by atoms with Gasteiger partial charge in [-0.05, 0) is 36.2 Å². The Morgan fingerprint density at radius 2 is 2.00 bits per heavy atom. The second kappa shape index (κ2) is 7.90. The fourth-order valence-corrected chi connectivity index (χ4v) is 2.87. The summed E-state index contributed by atoms with van der Waals surface area (Å²) in [6, 6.07) is 13.1. The van der Waals surface area contributed by atoms with Gasteiger partial charge >= 0.3 is 0 Å². The Hall–Kier alpha value is -2.44. The van der Waals surface area contributed by atoms with Crippen molar-refractivity contribution in [3.05, 3.63) is 70.3 Å². The highest BCUT2D eigenvalue weighted by Crippen LogP contribution is 2.19. The van der Waals surface area contributed by atoms with Crippen LogP contribution >= 0.6 is 22.9 Å². The van der Waals surface area contributed by atoms with Gasteiger partial charge in [-0.25, -0.2) is 9.97 Å². The standard InChI is InChI=1S/C17H15ClN4OS/c18-13-6-4-12(5-7-13)8-10-20-16(23)14-11-24-17(21-14)22-15-3-1-2-9-19-15/h1-7,9,11H,8,10H2,(H,20,23)(H,19,21,22). The number of rotatable bonds is 6. The van der Waals surface area contributed by atoms with Crippen LogP contribution in [0.1, 0.15) is 16.1 Å². The molecule has 3 aromatic rings. The van der Waals surface area contributed by atoms with Crippen LogP contribution in [0.5, 0.6) is 0 Å². The third-order valence-corrected chi connectivity index (χ3v) is 4.26. The largest absolute Gasteiger partial charge is 0.350 e. The minimum atomic E-state index is -0.186. The normalized spacial score (nSPS) is 10.4. The Balaban J connectivity index is 1.51. The van der Waals surface area contributed by atoms with Gasteiger partial charge in [-0.1, -0.05) is 29.8 Å². The second-order valence-corrected chi connectivity index (χ2v) is 6.30. The summed E-state index contributed by atoms with van der Waals surface area (Å²) in [6.07, 6.45) is 2.44. The molecule has 0 aliphatic carbocycles. The summed E-state index contributed by atoms with van der Waals surface area (Å²) in [6.45, 7) is 0.543. The fourth-order valence-electron chi connectivity index (χ4n) is 2.04. The van der Waals surface area contributed by atoms with Crippen LogP contribution in [-0.2, 0) is 6.42 Å². The topological polar surface area (TPSA) is 66.9 Å². The lowest BCUT2D eigenvalue weighted by molar-refractivity contribution is 0.0950. The van der Waals surface area contributed by atoms with Crippen molar-refractivity contribution in [2.24, 2.45) is 0 Å². The highest BCUT2D eigenvalue weighted by atomic mass is 35.5. The van der Waals surface area contributed by atoms with E-state index in [4.69, 9.17) is 11.6 Å². The fraction of sp³-hybridized carbons (Fsp3) is 0.118. The van der Waals surface area contributed by atoms with E-state index in [0.717, 1.165) is 12.0 Å². The number of amides is 1. The molecule has 5 nitrogen and oxygen atoms in total. The molecule has 7 heteroatoms. The molecule has 1 aromatic carbocycles. The number of carbonyl (C=O) groups excluding carboxylic acids is 1. The molecular weight excluding hydrogens is 344 g/mol. The maximum atomic E-state index is 12.1. The van der Waals surface area contributed by atoms with E-state index in [1.807, 2.05) is 42.5 Å². The number of pyridine rings is 1. The summed E-state index contributed by atoms with van der Waals surface area (Å²) in [4.78, 5) is 20.6. The number of hydrogen-bond donors (Lipinski definition) is 2. The van der Waals surface area contributed by atoms with Crippen molar-refractivity contribution < 1.29 is 4.79 Å². The molecule has 2 heterocycles. The first kappa shape index (κ1) is 16.4. The molecule has 0 fully saturated rings. The molecule has 2 aromatic heterocycles. The molecule has 0 spiro atoms. The molecule has 1 amide bonds. The molecule has 24 heavy (non-hydrogen) atoms. The summed E-state index contributed by atoms with van der Waals surface area (Å²) >= 11 is 7.22. The monoisotopic (exact) mass is 358 g/mol. The van der Waals surface area contributed by atoms with Gasteiger partial charge < -0.3 is 10.6 Å². The number of halogens is 1. The van der Waals surface area contributed by atoms with Crippen LogP contribution in [0.25, 0.3) is 0 Å². The molecule has 0 unspecified atom stereocenters. The van der Waals surface area contributed by atoms with E-state index in [1.165, 1.54) is 11.3 Å². The highest BCUT2D eigenvalue weighted by Gasteiger charge is 2.10. The number of benzene rings is 1. The van der Waals surface area contributed by atoms with E-state index in [1.54, 1.807) is 11.6 Å². The van der Waals surface area contributed by atoms with Crippen LogP contribution in [0, 0.1) is 0 Å². The van der Waals surface area contributed by atoms with Gasteiger partial charge in [-0.15, -0.1) is 11.3 Å². The highest BCUT2D eigenvalue weighted by molar-refractivity contribution is 7.14. The van der Waals surface area contributed by atoms with E-state index in [0.29, 0.717) is 28.2 Å². The maximum absolute atomic E-state index is 12.1. The molecule has 0 saturated heterocycles. The third-order valence-electron chi connectivity index (χ3n) is 3.25. The summed E-state index contributed by atoms with van der Waals surface area (Å²) in [7, 11) is 0. The van der Waals surface area contributed by atoms with E-state index in [9.17, 15) is 4.79 Å². The van der Waals surface area contributed by atoms with Gasteiger partial charge in [0.1, 0.15) is 11.5 Å². The number of nitrogens with zero attached hydrogens (tertiary/aromatic N) is 2. The first-order chi connectivity index (χ1) is 11.7. The predicted octanol–water partition coefficient (Wildman–Crippen LogP) is 3.91. The van der Waals surface area contributed by atoms with E-state index >= 15 is 0 Å². The first-order valence-corrected chi connectivity index (χ1v) is 8.63. The lowest BCUT2D eigenvalue weighted by Crippen LogP contribution is -2.25. The SMILES string of the molecule is O=C(NCCc1ccc(Cl)cc1)c1csc(Nc2ccccn2)n1. The van der Waals surface area contributed by atoms with Gasteiger partial charge in [0.15, 0.2) is 5.13 Å². The van der Waals surface area contributed by atoms with Crippen LogP contribution in [0.3, 0.4) is 0 Å². The van der Waals surface area contributed by atoms with Crippen LogP contribution in [0.15, 0.2) is 54.0 Å². The van der Waals surface area contributed by atoms with Crippen LogP contribution in [-0.4, -0.2) is 22.4 Å². The number of nitrogens with one attached hydrogen (secondary N) is 2. The Bertz CT molecular complexity index is 805. The van der Waals surface area contributed by atoms with Gasteiger partial charge in [0.2, 0.25) is 0 Å². The quantitative estimate of drug-likeness (QED) is 0.701. The Labute approximate surface area is 148 Å². The molecule has 0 bridgehead atoms. The van der Waals surface area contributed by atoms with Crippen LogP contribution < -0.4 is 10.6 Å². The molecular formula is C17H15ClN4OS. The smallest absolute Gasteiger partial charge is 0.270 e. The number of anilines is 2. The Morgan fingerprint density at radius 1 is 1.17 bits per heavy atom. The zero-order valence-corrected chi connectivity index (χ0v) is 14.3. The summed E-state index contributed by atoms with van der Waals surface area (Å²) in [5.74, 6) is 0.510. The Morgan fingerprint density at radius 3 is 2.75 bits per heavy atom. The average Bonchev–Trinajstić information content (AvgIpc) is 3.06. The van der Waals surface area contributed by atoms with Gasteiger partial charge in [-0.3, -0.25) is 4.79 Å². The van der Waals surface area contributed by atoms with E-state index in [2.05, 4.69) is 20.6 Å². The number of thiazole rings is 1. The molecule has 0 atom stereocenters. The van der Waals surface area contributed by atoms with Gasteiger partial charge in [0, 0.05) is 23.1 Å². The zero-order valence-electron chi connectivity index (χ0n) is 12.7. The number of hydrogen-bond acceptors (Lipinski definition) is 5. The van der Waals surface area contributed by atoms with Crippen molar-refractivity contribution in [3.8, 4) is 0 Å². The zero-order chi connectivity index (χ0) is 16.8. The number of aromatic nitrogens is 2. The van der Waals surface area contributed by atoms with Gasteiger partial charge in [0.25, 0.3) is 5.91 Å². The molecule has 3 rings (SSSR count). The molecule has 0 aliphatic heterocycles. The van der Waals surface area contributed by atoms with Gasteiger partial charge in [0.05, 0.1) is 0 Å². The number of carbonyl (C=O) groups is 1. The molecule has 122 valence electrons. The summed E-state index contributed by atoms with van der Waals surface area (Å²) < 4.78 is 0. The van der Waals surface area contributed by atoms with Crippen molar-refractivity contribution in [2.75, 3.05) is 11.9 Å². The molecule has 0 radical (unpaired) electrons. The van der Waals surface area contributed by atoms with Crippen LogP contribution in [0.4, 0.5) is 10.9 Å². The lowest BCUT2D eigenvalue weighted by Gasteiger charge is -2.04. The Kier molecular flexibility index (Phi) is 5.40. The van der Waals surface area contributed by atoms with Crippen molar-refractivity contribution in [3.63, 3.8) is 0 Å². The first-order valence-electron chi connectivity index (χ1n) is 7.37. The molecule has 0 aliphatic rings. The second-order valence-electron chi connectivity index (χ2n) is 5.01.